The second-order valence-corrected chi connectivity index (χ2v) is 12.8. The molecule has 0 aromatic heterocycles. The van der Waals surface area contributed by atoms with Crippen LogP contribution in [-0.4, -0.2) is 41.6 Å². The van der Waals surface area contributed by atoms with E-state index in [0.29, 0.717) is 6.07 Å². The first kappa shape index (κ1) is 28.8. The zero-order chi connectivity index (χ0) is 28.8. The molecule has 1 heterocycles. The van der Waals surface area contributed by atoms with Crippen molar-refractivity contribution in [3.8, 4) is 5.75 Å². The summed E-state index contributed by atoms with van der Waals surface area (Å²) in [4.78, 5) is 12.6. The van der Waals surface area contributed by atoms with Gasteiger partial charge in [-0.3, -0.25) is 13.8 Å². The summed E-state index contributed by atoms with van der Waals surface area (Å²) < 4.78 is 98.0. The van der Waals surface area contributed by atoms with Crippen molar-refractivity contribution in [2.75, 3.05) is 27.1 Å². The standard InChI is InChI=1S/C23H18Cl2F3N3O6S2/c1-38(33,34)31-12-21(37-20-9-2-13(24)10-19(20)31)22(32)29-14-3-6-16(7-4-14)39(35,36)30-15-5-8-18(25)17(11-15)23(26,27)28/h2-11,21,30H,12H2,1H3,(H,29,32). The van der Waals surface area contributed by atoms with Crippen LogP contribution in [0.25, 0.3) is 0 Å². The number of carbonyl (C=O) groups excluding carboxylic acids is 1. The third-order valence-corrected chi connectivity index (χ3v) is 8.55. The van der Waals surface area contributed by atoms with E-state index in [1.807, 2.05) is 0 Å². The van der Waals surface area contributed by atoms with Crippen molar-refractivity contribution in [3.63, 3.8) is 0 Å². The van der Waals surface area contributed by atoms with Gasteiger partial charge in [0.15, 0.2) is 6.10 Å². The van der Waals surface area contributed by atoms with Crippen LogP contribution in [0, 0.1) is 0 Å². The van der Waals surface area contributed by atoms with Gasteiger partial charge in [-0.05, 0) is 60.7 Å². The van der Waals surface area contributed by atoms with E-state index in [9.17, 15) is 34.8 Å². The largest absolute Gasteiger partial charge is 0.476 e. The number of halogens is 5. The molecule has 1 amide bonds. The lowest BCUT2D eigenvalue weighted by atomic mass is 10.2. The van der Waals surface area contributed by atoms with Gasteiger partial charge in [0.05, 0.1) is 34.0 Å². The fraction of sp³-hybridized carbons (Fsp3) is 0.174. The van der Waals surface area contributed by atoms with Gasteiger partial charge in [-0.1, -0.05) is 23.2 Å². The Bertz CT molecular complexity index is 1650. The molecule has 16 heteroatoms. The smallest absolute Gasteiger partial charge is 0.417 e. The van der Waals surface area contributed by atoms with E-state index in [-0.39, 0.29) is 39.3 Å². The van der Waals surface area contributed by atoms with Gasteiger partial charge in [0.2, 0.25) is 10.0 Å². The number of rotatable bonds is 6. The minimum atomic E-state index is -4.78. The third-order valence-electron chi connectivity index (χ3n) is 5.44. The first-order valence-corrected chi connectivity index (χ1v) is 14.9. The molecular weight excluding hydrogens is 606 g/mol. The molecular formula is C23H18Cl2F3N3O6S2. The van der Waals surface area contributed by atoms with Crippen LogP contribution in [0.4, 0.5) is 30.2 Å². The maximum Gasteiger partial charge on any atom is 0.417 e. The topological polar surface area (TPSA) is 122 Å². The Morgan fingerprint density at radius 2 is 1.62 bits per heavy atom. The molecule has 0 spiro atoms. The molecule has 1 unspecified atom stereocenters. The Morgan fingerprint density at radius 3 is 2.23 bits per heavy atom. The quantitative estimate of drug-likeness (QED) is 0.399. The fourth-order valence-electron chi connectivity index (χ4n) is 3.64. The van der Waals surface area contributed by atoms with Gasteiger partial charge in [0, 0.05) is 16.4 Å². The Kier molecular flexibility index (Phi) is 7.69. The zero-order valence-corrected chi connectivity index (χ0v) is 22.8. The molecule has 0 bridgehead atoms. The number of hydrogen-bond donors (Lipinski definition) is 2. The van der Waals surface area contributed by atoms with Crippen LogP contribution in [0.2, 0.25) is 10.0 Å². The number of nitrogens with one attached hydrogen (secondary N) is 2. The van der Waals surface area contributed by atoms with Crippen LogP contribution in [-0.2, 0) is 31.0 Å². The minimum Gasteiger partial charge on any atom is -0.476 e. The molecule has 0 fully saturated rings. The molecule has 9 nitrogen and oxygen atoms in total. The number of alkyl halides is 3. The SMILES string of the molecule is CS(=O)(=O)N1CC(C(=O)Nc2ccc(S(=O)(=O)Nc3ccc(Cl)c(C(F)(F)F)c3)cc2)Oc2ccc(Cl)cc21. The predicted molar refractivity (Wildman–Crippen MR) is 140 cm³/mol. The summed E-state index contributed by atoms with van der Waals surface area (Å²) in [6.07, 6.45) is -5.06. The van der Waals surface area contributed by atoms with E-state index in [1.54, 1.807) is 0 Å². The Hall–Kier alpha value is -3.20. The minimum absolute atomic E-state index is 0.125. The van der Waals surface area contributed by atoms with Crippen LogP contribution in [0.5, 0.6) is 5.75 Å². The Morgan fingerprint density at radius 1 is 0.974 bits per heavy atom. The first-order valence-electron chi connectivity index (χ1n) is 10.8. The van der Waals surface area contributed by atoms with Gasteiger partial charge >= 0.3 is 6.18 Å². The van der Waals surface area contributed by atoms with E-state index in [2.05, 4.69) is 10.0 Å². The van der Waals surface area contributed by atoms with Gasteiger partial charge in [0.25, 0.3) is 15.9 Å². The lowest BCUT2D eigenvalue weighted by Crippen LogP contribution is -2.48. The van der Waals surface area contributed by atoms with Gasteiger partial charge < -0.3 is 10.1 Å². The average Bonchev–Trinajstić information content (AvgIpc) is 2.83. The lowest BCUT2D eigenvalue weighted by Gasteiger charge is -2.34. The van der Waals surface area contributed by atoms with Crippen LogP contribution >= 0.6 is 23.2 Å². The molecule has 0 saturated carbocycles. The monoisotopic (exact) mass is 623 g/mol. The van der Waals surface area contributed by atoms with Crippen LogP contribution < -0.4 is 19.1 Å². The number of sulfonamides is 2. The summed E-state index contributed by atoms with van der Waals surface area (Å²) in [5.41, 5.74) is -1.22. The molecule has 39 heavy (non-hydrogen) atoms. The van der Waals surface area contributed by atoms with Crippen molar-refractivity contribution in [1.29, 1.82) is 0 Å². The number of anilines is 3. The summed E-state index contributed by atoms with van der Waals surface area (Å²) in [6.45, 7) is -0.338. The van der Waals surface area contributed by atoms with Crippen molar-refractivity contribution < 1.29 is 39.5 Å². The molecule has 0 aliphatic carbocycles. The molecule has 2 N–H and O–H groups in total. The van der Waals surface area contributed by atoms with E-state index < -0.39 is 48.8 Å². The molecule has 1 aliphatic rings. The molecule has 3 aromatic rings. The van der Waals surface area contributed by atoms with Gasteiger partial charge in [0.1, 0.15) is 5.75 Å². The summed E-state index contributed by atoms with van der Waals surface area (Å²) in [7, 11) is -8.08. The second kappa shape index (κ2) is 10.4. The van der Waals surface area contributed by atoms with Crippen molar-refractivity contribution in [2.45, 2.75) is 17.2 Å². The normalized spacial score (nSPS) is 15.7. The summed E-state index contributed by atoms with van der Waals surface area (Å²) in [5.74, 6) is -0.585. The maximum absolute atomic E-state index is 13.1. The number of fused-ring (bicyclic) bond motifs is 1. The molecule has 4 rings (SSSR count). The number of carbonyl (C=O) groups is 1. The van der Waals surface area contributed by atoms with Crippen molar-refractivity contribution >= 4 is 66.2 Å². The number of nitrogens with zero attached hydrogens (tertiary/aromatic N) is 1. The molecule has 3 aromatic carbocycles. The number of ether oxygens (including phenoxy) is 1. The second-order valence-electron chi connectivity index (χ2n) is 8.32. The lowest BCUT2D eigenvalue weighted by molar-refractivity contribution is -0.137. The van der Waals surface area contributed by atoms with Gasteiger partial charge in [-0.25, -0.2) is 16.8 Å². The fourth-order valence-corrected chi connectivity index (χ4v) is 5.98. The summed E-state index contributed by atoms with van der Waals surface area (Å²) in [5, 5.41) is 2.21. The Balaban J connectivity index is 1.49. The number of amides is 1. The maximum atomic E-state index is 13.1. The molecule has 208 valence electrons. The number of benzene rings is 3. The molecule has 1 aliphatic heterocycles. The van der Waals surface area contributed by atoms with Crippen LogP contribution in [0.15, 0.2) is 65.6 Å². The van der Waals surface area contributed by atoms with E-state index in [0.717, 1.165) is 34.8 Å². The van der Waals surface area contributed by atoms with Crippen molar-refractivity contribution in [1.82, 2.24) is 0 Å². The van der Waals surface area contributed by atoms with Gasteiger partial charge in [-0.2, -0.15) is 13.2 Å². The highest BCUT2D eigenvalue weighted by Gasteiger charge is 2.36. The van der Waals surface area contributed by atoms with E-state index >= 15 is 0 Å². The highest BCUT2D eigenvalue weighted by Crippen LogP contribution is 2.38. The first-order chi connectivity index (χ1) is 18.0. The van der Waals surface area contributed by atoms with Gasteiger partial charge in [-0.15, -0.1) is 0 Å². The predicted octanol–water partition coefficient (Wildman–Crippen LogP) is 4.98. The highest BCUT2D eigenvalue weighted by molar-refractivity contribution is 7.92. The molecule has 0 radical (unpaired) electrons. The summed E-state index contributed by atoms with van der Waals surface area (Å²) >= 11 is 11.5. The molecule has 1 atom stereocenters. The number of hydrogen-bond acceptors (Lipinski definition) is 6. The van der Waals surface area contributed by atoms with E-state index in [4.69, 9.17) is 27.9 Å². The zero-order valence-electron chi connectivity index (χ0n) is 19.7. The summed E-state index contributed by atoms with van der Waals surface area (Å²) in [6, 6.07) is 11.6. The molecule has 0 saturated heterocycles. The highest BCUT2D eigenvalue weighted by atomic mass is 35.5. The Labute approximate surface area is 231 Å². The third kappa shape index (κ3) is 6.52. The van der Waals surface area contributed by atoms with E-state index in [1.165, 1.54) is 30.3 Å². The van der Waals surface area contributed by atoms with Crippen LogP contribution in [0.3, 0.4) is 0 Å². The average molecular weight is 624 g/mol. The van der Waals surface area contributed by atoms with Crippen molar-refractivity contribution in [2.24, 2.45) is 0 Å². The van der Waals surface area contributed by atoms with Crippen molar-refractivity contribution in [3.05, 3.63) is 76.3 Å². The van der Waals surface area contributed by atoms with Crippen LogP contribution in [0.1, 0.15) is 5.56 Å².